The molecule has 0 heterocycles. The van der Waals surface area contributed by atoms with Gasteiger partial charge in [-0.1, -0.05) is 39.8 Å². The number of benzene rings is 1. The van der Waals surface area contributed by atoms with E-state index < -0.39 is 29.4 Å². The minimum atomic E-state index is -0.854. The number of hydrogen-bond donors (Lipinski definition) is 6. The molecule has 1 aromatic rings. The second-order valence-electron chi connectivity index (χ2n) is 12.1. The number of methoxy groups -OCH3 is 1. The molecular formula is C30H53N5O4. The van der Waals surface area contributed by atoms with Gasteiger partial charge in [-0.05, 0) is 68.9 Å². The van der Waals surface area contributed by atoms with Crippen LogP contribution in [0.2, 0.25) is 0 Å². The van der Waals surface area contributed by atoms with Gasteiger partial charge in [-0.3, -0.25) is 9.59 Å². The van der Waals surface area contributed by atoms with Gasteiger partial charge in [-0.15, -0.1) is 0 Å². The Hall–Kier alpha value is -2.49. The van der Waals surface area contributed by atoms with Gasteiger partial charge in [0.05, 0.1) is 11.5 Å². The molecule has 9 heteroatoms. The average molecular weight is 548 g/mol. The number of aliphatic hydroxyl groups is 1. The molecule has 0 saturated carbocycles. The third-order valence-corrected chi connectivity index (χ3v) is 7.63. The van der Waals surface area contributed by atoms with E-state index in [1.165, 1.54) is 6.21 Å². The van der Waals surface area contributed by atoms with Crippen LogP contribution in [0.1, 0.15) is 71.9 Å². The fourth-order valence-electron chi connectivity index (χ4n) is 4.49. The summed E-state index contributed by atoms with van der Waals surface area (Å²) in [7, 11) is 1.68. The van der Waals surface area contributed by atoms with E-state index in [9.17, 15) is 14.7 Å². The molecule has 0 aliphatic heterocycles. The molecule has 0 aliphatic carbocycles. The van der Waals surface area contributed by atoms with Crippen LogP contribution in [0.4, 0.5) is 5.69 Å². The monoisotopic (exact) mass is 547 g/mol. The molecule has 222 valence electrons. The molecule has 8 N–H and O–H groups in total. The zero-order chi connectivity index (χ0) is 29.8. The SMILES string of the molecule is COCCCNc1cc(C[C@@H](C[C@H](N)[C@H](O)C[C@H](C(=O)NCC(C)(C)C(N)=O)C(C)C)C(C)C)ccc1C=N. The quantitative estimate of drug-likeness (QED) is 0.115. The zero-order valence-corrected chi connectivity index (χ0v) is 25.0. The molecule has 0 aromatic heterocycles. The van der Waals surface area contributed by atoms with Crippen molar-refractivity contribution in [1.29, 1.82) is 5.41 Å². The van der Waals surface area contributed by atoms with E-state index in [4.69, 9.17) is 21.6 Å². The Morgan fingerprint density at radius 2 is 1.82 bits per heavy atom. The smallest absolute Gasteiger partial charge is 0.224 e. The van der Waals surface area contributed by atoms with Crippen LogP contribution in [-0.4, -0.2) is 62.1 Å². The first-order chi connectivity index (χ1) is 18.2. The first-order valence-electron chi connectivity index (χ1n) is 14.1. The van der Waals surface area contributed by atoms with Gasteiger partial charge in [0.15, 0.2) is 0 Å². The van der Waals surface area contributed by atoms with Crippen LogP contribution in [0, 0.1) is 34.5 Å². The number of nitrogens with two attached hydrogens (primary N) is 2. The van der Waals surface area contributed by atoms with Gasteiger partial charge in [0.2, 0.25) is 11.8 Å². The van der Waals surface area contributed by atoms with Crippen LogP contribution in [-0.2, 0) is 20.7 Å². The van der Waals surface area contributed by atoms with Crippen molar-refractivity contribution in [2.75, 3.05) is 32.1 Å². The Kier molecular flexibility index (Phi) is 14.7. The lowest BCUT2D eigenvalue weighted by Gasteiger charge is -2.30. The van der Waals surface area contributed by atoms with Crippen LogP contribution in [0.15, 0.2) is 18.2 Å². The minimum Gasteiger partial charge on any atom is -0.391 e. The minimum absolute atomic E-state index is 0.00778. The summed E-state index contributed by atoms with van der Waals surface area (Å²) in [5.41, 5.74) is 14.0. The number of nitrogens with one attached hydrogen (secondary N) is 3. The summed E-state index contributed by atoms with van der Waals surface area (Å²) >= 11 is 0. The van der Waals surface area contributed by atoms with Gasteiger partial charge < -0.3 is 37.4 Å². The third kappa shape index (κ3) is 11.6. The molecule has 2 amide bonds. The van der Waals surface area contributed by atoms with Crippen molar-refractivity contribution >= 4 is 23.7 Å². The van der Waals surface area contributed by atoms with Crippen molar-refractivity contribution in [2.45, 2.75) is 79.4 Å². The fraction of sp³-hybridized carbons (Fsp3) is 0.700. The molecule has 0 saturated heterocycles. The van der Waals surface area contributed by atoms with E-state index in [-0.39, 0.29) is 30.7 Å². The van der Waals surface area contributed by atoms with Gasteiger partial charge in [-0.25, -0.2) is 0 Å². The maximum Gasteiger partial charge on any atom is 0.224 e. The summed E-state index contributed by atoms with van der Waals surface area (Å²) in [5.74, 6) is -0.567. The van der Waals surface area contributed by atoms with Gasteiger partial charge in [0.1, 0.15) is 0 Å². The van der Waals surface area contributed by atoms with Crippen molar-refractivity contribution in [3.8, 4) is 0 Å². The zero-order valence-electron chi connectivity index (χ0n) is 25.0. The highest BCUT2D eigenvalue weighted by Crippen LogP contribution is 2.27. The topological polar surface area (TPSA) is 164 Å². The van der Waals surface area contributed by atoms with Crippen LogP contribution < -0.4 is 22.1 Å². The highest BCUT2D eigenvalue weighted by molar-refractivity contribution is 5.86. The summed E-state index contributed by atoms with van der Waals surface area (Å²) in [6.07, 6.45) is 3.04. The molecule has 0 bridgehead atoms. The lowest BCUT2D eigenvalue weighted by Crippen LogP contribution is -2.46. The molecule has 0 aliphatic rings. The Morgan fingerprint density at radius 1 is 1.15 bits per heavy atom. The normalized spacial score (nSPS) is 15.1. The molecule has 9 nitrogen and oxygen atoms in total. The van der Waals surface area contributed by atoms with Crippen molar-refractivity contribution < 1.29 is 19.4 Å². The van der Waals surface area contributed by atoms with Gasteiger partial charge in [0, 0.05) is 56.2 Å². The average Bonchev–Trinajstić information content (AvgIpc) is 2.87. The number of carbonyl (C=O) groups is 2. The van der Waals surface area contributed by atoms with Crippen molar-refractivity contribution in [3.05, 3.63) is 29.3 Å². The molecule has 0 fully saturated rings. The highest BCUT2D eigenvalue weighted by Gasteiger charge is 2.32. The van der Waals surface area contributed by atoms with E-state index in [0.717, 1.165) is 36.2 Å². The molecule has 4 atom stereocenters. The number of rotatable bonds is 19. The molecule has 1 rings (SSSR count). The molecule has 39 heavy (non-hydrogen) atoms. The Labute approximate surface area is 235 Å². The number of hydrogen-bond acceptors (Lipinski definition) is 7. The predicted octanol–water partition coefficient (Wildman–Crippen LogP) is 3.32. The maximum atomic E-state index is 12.9. The molecule has 0 unspecified atom stereocenters. The van der Waals surface area contributed by atoms with Gasteiger partial charge >= 0.3 is 0 Å². The maximum absolute atomic E-state index is 12.9. The highest BCUT2D eigenvalue weighted by atomic mass is 16.5. The first-order valence-corrected chi connectivity index (χ1v) is 14.1. The third-order valence-electron chi connectivity index (χ3n) is 7.63. The molecule has 1 aromatic carbocycles. The molecular weight excluding hydrogens is 494 g/mol. The number of carbonyl (C=O) groups excluding carboxylic acids is 2. The number of amides is 2. The Morgan fingerprint density at radius 3 is 2.36 bits per heavy atom. The Balaban J connectivity index is 2.88. The van der Waals surface area contributed by atoms with E-state index >= 15 is 0 Å². The predicted molar refractivity (Wildman–Crippen MR) is 159 cm³/mol. The van der Waals surface area contributed by atoms with Crippen molar-refractivity contribution in [3.63, 3.8) is 0 Å². The summed E-state index contributed by atoms with van der Waals surface area (Å²) < 4.78 is 5.12. The Bertz CT molecular complexity index is 919. The largest absolute Gasteiger partial charge is 0.391 e. The van der Waals surface area contributed by atoms with E-state index in [2.05, 4.69) is 30.5 Å². The molecule has 0 spiro atoms. The summed E-state index contributed by atoms with van der Waals surface area (Å²) in [6, 6.07) is 5.61. The van der Waals surface area contributed by atoms with Crippen LogP contribution in [0.25, 0.3) is 0 Å². The number of ether oxygens (including phenoxy) is 1. The first kappa shape index (κ1) is 34.5. The number of anilines is 1. The number of aliphatic hydroxyl groups excluding tert-OH is 1. The van der Waals surface area contributed by atoms with Gasteiger partial charge in [0.25, 0.3) is 0 Å². The van der Waals surface area contributed by atoms with E-state index in [1.807, 2.05) is 26.0 Å². The fourth-order valence-corrected chi connectivity index (χ4v) is 4.49. The van der Waals surface area contributed by atoms with E-state index in [0.29, 0.717) is 18.9 Å². The van der Waals surface area contributed by atoms with Crippen LogP contribution in [0.5, 0.6) is 0 Å². The standard InChI is InChI=1S/C30H53N5O4/c1-19(2)23(13-21-9-10-22(17-31)26(14-21)34-11-8-12-39-7)15-25(32)27(36)16-24(20(3)4)28(37)35-18-30(5,6)29(33)38/h9-10,14,17,19-20,23-25,27,31,34,36H,8,11-13,15-16,18,32H2,1-7H3,(H2,33,38)(H,35,37)/t23-,24-,25-,27+/m0/s1. The van der Waals surface area contributed by atoms with E-state index in [1.54, 1.807) is 21.0 Å². The van der Waals surface area contributed by atoms with Crippen molar-refractivity contribution in [1.82, 2.24) is 5.32 Å². The molecule has 0 radical (unpaired) electrons. The van der Waals surface area contributed by atoms with Crippen molar-refractivity contribution in [2.24, 2.45) is 40.6 Å². The summed E-state index contributed by atoms with van der Waals surface area (Å²) in [4.78, 5) is 24.5. The van der Waals surface area contributed by atoms with Gasteiger partial charge in [-0.2, -0.15) is 0 Å². The lowest BCUT2D eigenvalue weighted by molar-refractivity contribution is -0.130. The summed E-state index contributed by atoms with van der Waals surface area (Å²) in [5, 5.41) is 25.0. The van der Waals surface area contributed by atoms with Crippen LogP contribution >= 0.6 is 0 Å². The summed E-state index contributed by atoms with van der Waals surface area (Å²) in [6.45, 7) is 13.2. The number of primary amides is 1. The second-order valence-corrected chi connectivity index (χ2v) is 12.1. The second kappa shape index (κ2) is 16.6. The van der Waals surface area contributed by atoms with Crippen LogP contribution in [0.3, 0.4) is 0 Å². The lowest BCUT2D eigenvalue weighted by atomic mass is 9.80.